The van der Waals surface area contributed by atoms with Gasteiger partial charge in [-0.15, -0.1) is 10.2 Å². The molecule has 20 heavy (non-hydrogen) atoms. The molecule has 0 aromatic carbocycles. The zero-order valence-electron chi connectivity index (χ0n) is 11.8. The highest BCUT2D eigenvalue weighted by atomic mass is 32.2. The summed E-state index contributed by atoms with van der Waals surface area (Å²) in [6.07, 6.45) is 5.75. The molecule has 1 aromatic heterocycles. The fourth-order valence-electron chi connectivity index (χ4n) is 2.22. The number of aromatic nitrogens is 3. The van der Waals surface area contributed by atoms with Gasteiger partial charge in [0.15, 0.2) is 5.16 Å². The minimum absolute atomic E-state index is 0.00914. The predicted octanol–water partition coefficient (Wildman–Crippen LogP) is 1.40. The number of aromatic amines is 1. The van der Waals surface area contributed by atoms with E-state index in [1.54, 1.807) is 6.92 Å². The van der Waals surface area contributed by atoms with Crippen molar-refractivity contribution in [1.29, 1.82) is 0 Å². The van der Waals surface area contributed by atoms with Crippen molar-refractivity contribution in [2.24, 2.45) is 0 Å². The van der Waals surface area contributed by atoms with Crippen molar-refractivity contribution >= 4 is 17.7 Å². The van der Waals surface area contributed by atoms with E-state index in [4.69, 9.17) is 0 Å². The fraction of sp³-hybridized carbons (Fsp3) is 0.692. The Morgan fingerprint density at radius 3 is 2.70 bits per heavy atom. The lowest BCUT2D eigenvalue weighted by atomic mass is 9.95. The van der Waals surface area contributed by atoms with Gasteiger partial charge in [-0.05, 0) is 26.7 Å². The van der Waals surface area contributed by atoms with Crippen LogP contribution in [0.1, 0.15) is 44.7 Å². The Labute approximate surface area is 122 Å². The van der Waals surface area contributed by atoms with E-state index in [0.717, 1.165) is 12.8 Å². The maximum atomic E-state index is 12.1. The van der Waals surface area contributed by atoms with Crippen LogP contribution in [0.15, 0.2) is 9.95 Å². The summed E-state index contributed by atoms with van der Waals surface area (Å²) in [6, 6.07) is 0.294. The topological polar surface area (TPSA) is 87.7 Å². The highest BCUT2D eigenvalue weighted by molar-refractivity contribution is 8.00. The summed E-state index contributed by atoms with van der Waals surface area (Å²) in [7, 11) is 0. The van der Waals surface area contributed by atoms with Crippen LogP contribution in [0.2, 0.25) is 0 Å². The maximum absolute atomic E-state index is 12.1. The van der Waals surface area contributed by atoms with Gasteiger partial charge >= 0.3 is 0 Å². The maximum Gasteiger partial charge on any atom is 0.273 e. The van der Waals surface area contributed by atoms with Crippen LogP contribution >= 0.6 is 11.8 Å². The normalized spacial score (nSPS) is 17.7. The SMILES string of the molecule is Cc1nnc(S[C@@H](C)C(=O)NC2CCCCC2)[nH]c1=O. The lowest BCUT2D eigenvalue weighted by Gasteiger charge is -2.24. The van der Waals surface area contributed by atoms with E-state index in [9.17, 15) is 9.59 Å². The van der Waals surface area contributed by atoms with E-state index in [1.165, 1.54) is 31.0 Å². The number of amides is 1. The number of aryl methyl sites for hydroxylation is 1. The highest BCUT2D eigenvalue weighted by Gasteiger charge is 2.21. The van der Waals surface area contributed by atoms with Crippen LogP contribution in [0, 0.1) is 6.92 Å². The minimum Gasteiger partial charge on any atom is -0.352 e. The molecule has 110 valence electrons. The molecule has 1 aromatic rings. The summed E-state index contributed by atoms with van der Waals surface area (Å²) in [5, 5.41) is 10.8. The van der Waals surface area contributed by atoms with Gasteiger partial charge in [-0.3, -0.25) is 14.6 Å². The van der Waals surface area contributed by atoms with Crippen molar-refractivity contribution in [3.63, 3.8) is 0 Å². The molecule has 1 amide bonds. The number of thioether (sulfide) groups is 1. The lowest BCUT2D eigenvalue weighted by Crippen LogP contribution is -2.40. The number of carbonyl (C=O) groups excluding carboxylic acids is 1. The average Bonchev–Trinajstić information content (AvgIpc) is 2.44. The number of hydrogen-bond acceptors (Lipinski definition) is 5. The molecular weight excluding hydrogens is 276 g/mol. The van der Waals surface area contributed by atoms with Crippen molar-refractivity contribution in [3.8, 4) is 0 Å². The first-order chi connectivity index (χ1) is 9.56. The van der Waals surface area contributed by atoms with Crippen LogP contribution in [-0.2, 0) is 4.79 Å². The quantitative estimate of drug-likeness (QED) is 0.820. The van der Waals surface area contributed by atoms with Crippen LogP contribution in [-0.4, -0.2) is 32.4 Å². The Kier molecular flexibility index (Phi) is 5.17. The van der Waals surface area contributed by atoms with Gasteiger partial charge < -0.3 is 5.32 Å². The Balaban J connectivity index is 1.89. The second-order valence-electron chi connectivity index (χ2n) is 5.15. The molecule has 2 N–H and O–H groups in total. The van der Waals surface area contributed by atoms with Gasteiger partial charge in [0.05, 0.1) is 5.25 Å². The molecule has 0 radical (unpaired) electrons. The smallest absolute Gasteiger partial charge is 0.273 e. The first-order valence-corrected chi connectivity index (χ1v) is 7.85. The van der Waals surface area contributed by atoms with Crippen molar-refractivity contribution in [2.45, 2.75) is 62.4 Å². The van der Waals surface area contributed by atoms with Crippen LogP contribution in [0.25, 0.3) is 0 Å². The third kappa shape index (κ3) is 4.06. The van der Waals surface area contributed by atoms with Crippen LogP contribution in [0.5, 0.6) is 0 Å². The van der Waals surface area contributed by atoms with E-state index in [0.29, 0.717) is 16.9 Å². The van der Waals surface area contributed by atoms with Gasteiger partial charge in [-0.2, -0.15) is 0 Å². The highest BCUT2D eigenvalue weighted by Crippen LogP contribution is 2.20. The fourth-order valence-corrected chi connectivity index (χ4v) is 2.97. The summed E-state index contributed by atoms with van der Waals surface area (Å²) >= 11 is 1.22. The number of hydrogen-bond donors (Lipinski definition) is 2. The number of H-pyrrole nitrogens is 1. The molecule has 0 unspecified atom stereocenters. The molecule has 0 saturated heterocycles. The van der Waals surface area contributed by atoms with Crippen molar-refractivity contribution in [1.82, 2.24) is 20.5 Å². The number of rotatable bonds is 4. The molecular formula is C13H20N4O2S. The number of carbonyl (C=O) groups is 1. The summed E-state index contributed by atoms with van der Waals surface area (Å²) < 4.78 is 0. The van der Waals surface area contributed by atoms with E-state index < -0.39 is 0 Å². The Hall–Kier alpha value is -1.37. The second kappa shape index (κ2) is 6.88. The lowest BCUT2D eigenvalue weighted by molar-refractivity contribution is -0.121. The Bertz CT molecular complexity index is 525. The van der Waals surface area contributed by atoms with Gasteiger partial charge in [0.1, 0.15) is 5.69 Å². The summed E-state index contributed by atoms with van der Waals surface area (Å²) in [5.74, 6) is -0.00914. The molecule has 1 fully saturated rings. The number of nitrogens with zero attached hydrogens (tertiary/aromatic N) is 2. The summed E-state index contributed by atoms with van der Waals surface area (Å²) in [4.78, 5) is 26.2. The molecule has 7 heteroatoms. The van der Waals surface area contributed by atoms with Crippen LogP contribution < -0.4 is 10.9 Å². The Morgan fingerprint density at radius 1 is 1.35 bits per heavy atom. The average molecular weight is 296 g/mol. The zero-order valence-corrected chi connectivity index (χ0v) is 12.6. The molecule has 6 nitrogen and oxygen atoms in total. The Morgan fingerprint density at radius 2 is 2.05 bits per heavy atom. The molecule has 0 spiro atoms. The summed E-state index contributed by atoms with van der Waals surface area (Å²) in [5.41, 5.74) is 0.0658. The van der Waals surface area contributed by atoms with E-state index in [1.807, 2.05) is 6.92 Å². The first-order valence-electron chi connectivity index (χ1n) is 6.97. The molecule has 0 aliphatic heterocycles. The molecule has 1 saturated carbocycles. The van der Waals surface area contributed by atoms with Gasteiger partial charge in [-0.1, -0.05) is 31.0 Å². The second-order valence-corrected chi connectivity index (χ2v) is 6.48. The third-order valence-corrected chi connectivity index (χ3v) is 4.42. The molecule has 0 bridgehead atoms. The van der Waals surface area contributed by atoms with E-state index in [-0.39, 0.29) is 16.7 Å². The van der Waals surface area contributed by atoms with Gasteiger partial charge in [-0.25, -0.2) is 0 Å². The minimum atomic E-state index is -0.301. The largest absolute Gasteiger partial charge is 0.352 e. The van der Waals surface area contributed by atoms with Crippen LogP contribution in [0.4, 0.5) is 0 Å². The van der Waals surface area contributed by atoms with Crippen molar-refractivity contribution in [3.05, 3.63) is 16.0 Å². The monoisotopic (exact) mass is 296 g/mol. The van der Waals surface area contributed by atoms with Gasteiger partial charge in [0.2, 0.25) is 5.91 Å². The molecule has 1 atom stereocenters. The van der Waals surface area contributed by atoms with Gasteiger partial charge in [0.25, 0.3) is 5.56 Å². The standard InChI is InChI=1S/C13H20N4O2S/c1-8-11(18)15-13(17-16-8)20-9(2)12(19)14-10-6-4-3-5-7-10/h9-10H,3-7H2,1-2H3,(H,14,19)(H,15,17,18)/t9-/m0/s1. The molecule has 1 heterocycles. The zero-order chi connectivity index (χ0) is 14.5. The van der Waals surface area contributed by atoms with E-state index >= 15 is 0 Å². The first kappa shape index (κ1) is 15.0. The van der Waals surface area contributed by atoms with Crippen molar-refractivity contribution < 1.29 is 4.79 Å². The predicted molar refractivity (Wildman–Crippen MR) is 77.7 cm³/mol. The number of nitrogens with one attached hydrogen (secondary N) is 2. The molecule has 1 aliphatic carbocycles. The molecule has 1 aliphatic rings. The third-order valence-electron chi connectivity index (χ3n) is 3.45. The molecule has 2 rings (SSSR count). The van der Waals surface area contributed by atoms with Crippen molar-refractivity contribution in [2.75, 3.05) is 0 Å². The van der Waals surface area contributed by atoms with Crippen LogP contribution in [0.3, 0.4) is 0 Å². The van der Waals surface area contributed by atoms with Gasteiger partial charge in [0, 0.05) is 6.04 Å². The summed E-state index contributed by atoms with van der Waals surface area (Å²) in [6.45, 7) is 3.40. The van der Waals surface area contributed by atoms with E-state index in [2.05, 4.69) is 20.5 Å².